The number of benzene rings is 3. The van der Waals surface area contributed by atoms with Gasteiger partial charge in [0, 0.05) is 53.9 Å². The highest BCUT2D eigenvalue weighted by molar-refractivity contribution is 7.89. The molecule has 0 atom stereocenters. The van der Waals surface area contributed by atoms with Gasteiger partial charge in [-0.25, -0.2) is 8.42 Å². The molecular formula is C30H32ClN5O8S. The van der Waals surface area contributed by atoms with E-state index in [1.54, 1.807) is 24.3 Å². The lowest BCUT2D eigenvalue weighted by Crippen LogP contribution is -2.37. The number of methoxy groups -OCH3 is 3. The van der Waals surface area contributed by atoms with Crippen LogP contribution < -0.4 is 24.8 Å². The molecule has 0 bridgehead atoms. The van der Waals surface area contributed by atoms with Crippen LogP contribution in [0, 0.1) is 17.0 Å². The van der Waals surface area contributed by atoms with Gasteiger partial charge in [0.05, 0.1) is 48.4 Å². The van der Waals surface area contributed by atoms with Crippen LogP contribution in [0.1, 0.15) is 12.1 Å². The first kappa shape index (κ1) is 33.2. The topological polar surface area (TPSA) is 162 Å². The van der Waals surface area contributed by atoms with E-state index in [0.717, 1.165) is 28.4 Å². The van der Waals surface area contributed by atoms with Crippen molar-refractivity contribution in [2.75, 3.05) is 51.6 Å². The van der Waals surface area contributed by atoms with Gasteiger partial charge in [-0.3, -0.25) is 19.9 Å². The lowest BCUT2D eigenvalue weighted by atomic mass is 10.1. The van der Waals surface area contributed by atoms with Gasteiger partial charge in [0.25, 0.3) is 0 Å². The molecule has 4 rings (SSSR count). The highest BCUT2D eigenvalue weighted by atomic mass is 35.5. The summed E-state index contributed by atoms with van der Waals surface area (Å²) >= 11 is 6.22. The summed E-state index contributed by atoms with van der Waals surface area (Å²) < 4.78 is 44.2. The number of carbonyl (C=O) groups is 1. The van der Waals surface area contributed by atoms with Crippen molar-refractivity contribution in [1.29, 1.82) is 0 Å². The molecule has 1 amide bonds. The van der Waals surface area contributed by atoms with Crippen molar-refractivity contribution < 1.29 is 32.3 Å². The standard InChI is InChI=1S/C30H32ClN5O8S/c1-19-15-25(23-16-20(31)5-10-24(23)33-19)32-12-14-35(45(40,41)22-8-6-21(42-2)7-9-22)13-11-30(37)34-26-17-29(44-4)27(36(38)39)18-28(26)43-3/h5-10,15-18H,11-14H2,1-4H3,(H,32,33)(H,34,37). The Balaban J connectivity index is 1.55. The molecule has 15 heteroatoms. The van der Waals surface area contributed by atoms with Crippen LogP contribution in [0.4, 0.5) is 17.1 Å². The number of anilines is 2. The summed E-state index contributed by atoms with van der Waals surface area (Å²) in [4.78, 5) is 28.3. The Bertz CT molecular complexity index is 1820. The predicted molar refractivity (Wildman–Crippen MR) is 171 cm³/mol. The van der Waals surface area contributed by atoms with Gasteiger partial charge in [0.1, 0.15) is 11.5 Å². The molecule has 0 aliphatic carbocycles. The number of ether oxygens (including phenoxy) is 3. The number of rotatable bonds is 14. The number of hydrogen-bond acceptors (Lipinski definition) is 10. The average Bonchev–Trinajstić information content (AvgIpc) is 3.02. The van der Waals surface area contributed by atoms with E-state index < -0.39 is 20.9 Å². The van der Waals surface area contributed by atoms with Crippen molar-refractivity contribution in [2.45, 2.75) is 18.2 Å². The third-order valence-electron chi connectivity index (χ3n) is 6.83. The molecule has 45 heavy (non-hydrogen) atoms. The number of carbonyl (C=O) groups excluding carboxylic acids is 1. The Morgan fingerprint density at radius 3 is 2.31 bits per heavy atom. The number of fused-ring (bicyclic) bond motifs is 1. The molecule has 0 saturated carbocycles. The molecule has 1 aromatic heterocycles. The van der Waals surface area contributed by atoms with Gasteiger partial charge < -0.3 is 24.8 Å². The van der Waals surface area contributed by atoms with E-state index in [9.17, 15) is 23.3 Å². The third-order valence-corrected chi connectivity index (χ3v) is 8.98. The first-order valence-electron chi connectivity index (χ1n) is 13.6. The summed E-state index contributed by atoms with van der Waals surface area (Å²) in [5.74, 6) is -0.0844. The summed E-state index contributed by atoms with van der Waals surface area (Å²) in [6, 6.07) is 15.6. The van der Waals surface area contributed by atoms with E-state index in [2.05, 4.69) is 15.6 Å². The quantitative estimate of drug-likeness (QED) is 0.135. The van der Waals surface area contributed by atoms with E-state index in [4.69, 9.17) is 25.8 Å². The summed E-state index contributed by atoms with van der Waals surface area (Å²) in [7, 11) is 0.00838. The highest BCUT2D eigenvalue weighted by Crippen LogP contribution is 2.37. The minimum Gasteiger partial charge on any atom is -0.497 e. The van der Waals surface area contributed by atoms with Crippen LogP contribution in [-0.2, 0) is 14.8 Å². The van der Waals surface area contributed by atoms with Crippen LogP contribution in [0.2, 0.25) is 5.02 Å². The molecular weight excluding hydrogens is 626 g/mol. The molecule has 0 spiro atoms. The summed E-state index contributed by atoms with van der Waals surface area (Å²) in [5, 5.41) is 18.6. The largest absolute Gasteiger partial charge is 0.497 e. The van der Waals surface area contributed by atoms with Crippen LogP contribution in [0.15, 0.2) is 65.6 Å². The number of aryl methyl sites for hydroxylation is 1. The average molecular weight is 658 g/mol. The third kappa shape index (κ3) is 7.90. The normalized spacial score (nSPS) is 11.3. The van der Waals surface area contributed by atoms with Gasteiger partial charge in [-0.15, -0.1) is 0 Å². The minimum atomic E-state index is -4.04. The van der Waals surface area contributed by atoms with Gasteiger partial charge in [-0.2, -0.15) is 4.31 Å². The zero-order chi connectivity index (χ0) is 32.7. The first-order chi connectivity index (χ1) is 21.5. The second-order valence-electron chi connectivity index (χ2n) is 9.76. The van der Waals surface area contributed by atoms with Crippen LogP contribution in [0.3, 0.4) is 0 Å². The fraction of sp³-hybridized carbons (Fsp3) is 0.267. The molecule has 0 saturated heterocycles. The number of sulfonamides is 1. The number of amides is 1. The smallest absolute Gasteiger partial charge is 0.314 e. The van der Waals surface area contributed by atoms with E-state index in [1.807, 2.05) is 19.1 Å². The van der Waals surface area contributed by atoms with Gasteiger partial charge in [0.2, 0.25) is 15.9 Å². The molecule has 1 heterocycles. The number of halogens is 1. The van der Waals surface area contributed by atoms with Gasteiger partial charge in [0.15, 0.2) is 5.75 Å². The van der Waals surface area contributed by atoms with Crippen molar-refractivity contribution in [3.63, 3.8) is 0 Å². The Labute approximate surface area is 265 Å². The monoisotopic (exact) mass is 657 g/mol. The minimum absolute atomic E-state index is 0.0136. The molecule has 4 aromatic rings. The Morgan fingerprint density at radius 2 is 1.67 bits per heavy atom. The zero-order valence-electron chi connectivity index (χ0n) is 25.0. The maximum atomic E-state index is 13.7. The second kappa shape index (κ2) is 14.4. The highest BCUT2D eigenvalue weighted by Gasteiger charge is 2.26. The number of aromatic nitrogens is 1. The molecule has 0 radical (unpaired) electrons. The molecule has 0 aliphatic heterocycles. The number of nitrogens with zero attached hydrogens (tertiary/aromatic N) is 3. The van der Waals surface area contributed by atoms with Crippen molar-refractivity contribution in [2.24, 2.45) is 0 Å². The maximum Gasteiger partial charge on any atom is 0.314 e. The Morgan fingerprint density at radius 1 is 0.956 bits per heavy atom. The number of nitro groups is 1. The van der Waals surface area contributed by atoms with Gasteiger partial charge >= 0.3 is 5.69 Å². The summed E-state index contributed by atoms with van der Waals surface area (Å²) in [5.41, 5.74) is 2.04. The van der Waals surface area contributed by atoms with Crippen molar-refractivity contribution >= 4 is 55.5 Å². The fourth-order valence-corrected chi connectivity index (χ4v) is 6.22. The Kier molecular flexibility index (Phi) is 10.6. The lowest BCUT2D eigenvalue weighted by molar-refractivity contribution is -0.385. The van der Waals surface area contributed by atoms with Gasteiger partial charge in [-0.1, -0.05) is 11.6 Å². The van der Waals surface area contributed by atoms with Crippen LogP contribution in [-0.4, -0.2) is 69.5 Å². The lowest BCUT2D eigenvalue weighted by Gasteiger charge is -2.23. The first-order valence-corrected chi connectivity index (χ1v) is 15.4. The molecule has 0 aliphatic rings. The van der Waals surface area contributed by atoms with Gasteiger partial charge in [-0.05, 0) is 55.5 Å². The molecule has 0 unspecified atom stereocenters. The van der Waals surface area contributed by atoms with Crippen molar-refractivity contribution in [1.82, 2.24) is 9.29 Å². The number of nitro benzene ring substituents is 1. The van der Waals surface area contributed by atoms with Crippen molar-refractivity contribution in [3.8, 4) is 17.2 Å². The second-order valence-corrected chi connectivity index (χ2v) is 12.1. The molecule has 0 fully saturated rings. The van der Waals surface area contributed by atoms with E-state index in [1.165, 1.54) is 43.8 Å². The zero-order valence-corrected chi connectivity index (χ0v) is 26.6. The molecule has 3 aromatic carbocycles. The predicted octanol–water partition coefficient (Wildman–Crippen LogP) is 5.26. The Hall–Kier alpha value is -4.66. The number of nitrogens with one attached hydrogen (secondary N) is 2. The summed E-state index contributed by atoms with van der Waals surface area (Å²) in [6.45, 7) is 1.90. The van der Waals surface area contributed by atoms with Crippen LogP contribution >= 0.6 is 11.6 Å². The molecule has 13 nitrogen and oxygen atoms in total. The van der Waals surface area contributed by atoms with Crippen molar-refractivity contribution in [3.05, 3.63) is 81.5 Å². The number of hydrogen-bond donors (Lipinski definition) is 2. The molecule has 238 valence electrons. The number of pyridine rings is 1. The van der Waals surface area contributed by atoms with E-state index in [-0.39, 0.29) is 53.8 Å². The summed E-state index contributed by atoms with van der Waals surface area (Å²) in [6.07, 6.45) is -0.231. The fourth-order valence-electron chi connectivity index (χ4n) is 4.60. The van der Waals surface area contributed by atoms with Crippen LogP contribution in [0.25, 0.3) is 10.9 Å². The maximum absolute atomic E-state index is 13.7. The van der Waals surface area contributed by atoms with E-state index >= 15 is 0 Å². The molecule has 2 N–H and O–H groups in total. The van der Waals surface area contributed by atoms with E-state index in [0.29, 0.717) is 10.8 Å². The van der Waals surface area contributed by atoms with Crippen LogP contribution in [0.5, 0.6) is 17.2 Å². The SMILES string of the molecule is COc1ccc(S(=O)(=O)N(CCNc2cc(C)nc3ccc(Cl)cc23)CCC(=O)Nc2cc(OC)c([N+](=O)[O-])cc2OC)cc1.